The first-order chi connectivity index (χ1) is 10.2. The molecule has 110 valence electrons. The highest BCUT2D eigenvalue weighted by Gasteiger charge is 2.02. The summed E-state index contributed by atoms with van der Waals surface area (Å²) < 4.78 is 5.35. The van der Waals surface area contributed by atoms with Crippen LogP contribution in [0.15, 0.2) is 48.5 Å². The molecule has 0 unspecified atom stereocenters. The van der Waals surface area contributed by atoms with Gasteiger partial charge in [0.1, 0.15) is 11.5 Å². The average Bonchev–Trinajstić information content (AvgIpc) is 2.49. The van der Waals surface area contributed by atoms with Gasteiger partial charge in [0.25, 0.3) is 0 Å². The molecule has 0 aliphatic rings. The Morgan fingerprint density at radius 3 is 2.38 bits per heavy atom. The average molecular weight is 286 g/mol. The summed E-state index contributed by atoms with van der Waals surface area (Å²) in [5, 5.41) is 14.6. The summed E-state index contributed by atoms with van der Waals surface area (Å²) in [6.45, 7) is 2.99. The second-order valence-electron chi connectivity index (χ2n) is 4.43. The number of nitrogens with one attached hydrogen (secondary N) is 2. The van der Waals surface area contributed by atoms with Crippen molar-refractivity contribution in [2.45, 2.75) is 13.5 Å². The monoisotopic (exact) mass is 286 g/mol. The fourth-order valence-corrected chi connectivity index (χ4v) is 1.77. The molecule has 0 bridgehead atoms. The molecule has 0 aliphatic heterocycles. The number of phenolic OH excluding ortho intramolecular Hbond substituents is 1. The minimum atomic E-state index is -0.297. The van der Waals surface area contributed by atoms with Crippen LogP contribution in [0.4, 0.5) is 10.5 Å². The second kappa shape index (κ2) is 7.19. The summed E-state index contributed by atoms with van der Waals surface area (Å²) >= 11 is 0. The molecule has 2 rings (SSSR count). The molecular formula is C16H18N2O3. The van der Waals surface area contributed by atoms with E-state index in [0.29, 0.717) is 18.8 Å². The number of aromatic hydroxyl groups is 1. The number of carbonyl (C=O) groups excluding carboxylic acids is 1. The van der Waals surface area contributed by atoms with Gasteiger partial charge in [-0.3, -0.25) is 0 Å². The van der Waals surface area contributed by atoms with Crippen LogP contribution in [0, 0.1) is 0 Å². The van der Waals surface area contributed by atoms with E-state index in [4.69, 9.17) is 9.84 Å². The van der Waals surface area contributed by atoms with Gasteiger partial charge in [-0.2, -0.15) is 0 Å². The number of benzene rings is 2. The van der Waals surface area contributed by atoms with E-state index in [2.05, 4.69) is 10.6 Å². The Kier molecular flexibility index (Phi) is 5.04. The van der Waals surface area contributed by atoms with Crippen molar-refractivity contribution in [2.75, 3.05) is 11.9 Å². The SMILES string of the molecule is CCOc1ccc(CNC(=O)Nc2ccc(O)cc2)cc1. The maximum absolute atomic E-state index is 11.7. The van der Waals surface area contributed by atoms with Gasteiger partial charge in [0.15, 0.2) is 0 Å². The number of ether oxygens (including phenoxy) is 1. The third-order valence-electron chi connectivity index (χ3n) is 2.81. The van der Waals surface area contributed by atoms with Crippen LogP contribution >= 0.6 is 0 Å². The minimum Gasteiger partial charge on any atom is -0.508 e. The van der Waals surface area contributed by atoms with Crippen molar-refractivity contribution < 1.29 is 14.6 Å². The van der Waals surface area contributed by atoms with Crippen LogP contribution in [0.3, 0.4) is 0 Å². The van der Waals surface area contributed by atoms with Gasteiger partial charge in [-0.25, -0.2) is 4.79 Å². The number of anilines is 1. The molecule has 2 amide bonds. The van der Waals surface area contributed by atoms with Gasteiger partial charge in [0.2, 0.25) is 0 Å². The van der Waals surface area contributed by atoms with Crippen molar-refractivity contribution >= 4 is 11.7 Å². The van der Waals surface area contributed by atoms with Gasteiger partial charge in [0.05, 0.1) is 6.61 Å². The molecule has 0 fully saturated rings. The Morgan fingerprint density at radius 2 is 1.76 bits per heavy atom. The van der Waals surface area contributed by atoms with Crippen molar-refractivity contribution in [3.05, 3.63) is 54.1 Å². The number of urea groups is 1. The van der Waals surface area contributed by atoms with E-state index in [1.165, 1.54) is 12.1 Å². The molecule has 21 heavy (non-hydrogen) atoms. The van der Waals surface area contributed by atoms with Gasteiger partial charge in [0, 0.05) is 12.2 Å². The normalized spacial score (nSPS) is 9.95. The maximum atomic E-state index is 11.7. The summed E-state index contributed by atoms with van der Waals surface area (Å²) in [6, 6.07) is 13.6. The lowest BCUT2D eigenvalue weighted by Crippen LogP contribution is -2.28. The zero-order valence-corrected chi connectivity index (χ0v) is 11.8. The third kappa shape index (κ3) is 4.72. The highest BCUT2D eigenvalue weighted by atomic mass is 16.5. The Hall–Kier alpha value is -2.69. The highest BCUT2D eigenvalue weighted by molar-refractivity contribution is 5.89. The number of rotatable bonds is 5. The Morgan fingerprint density at radius 1 is 1.10 bits per heavy atom. The number of phenols is 1. The van der Waals surface area contributed by atoms with Crippen LogP contribution in [0.2, 0.25) is 0 Å². The van der Waals surface area contributed by atoms with Crippen LogP contribution < -0.4 is 15.4 Å². The van der Waals surface area contributed by atoms with Gasteiger partial charge < -0.3 is 20.5 Å². The van der Waals surface area contributed by atoms with Crippen LogP contribution in [0.5, 0.6) is 11.5 Å². The molecule has 2 aromatic rings. The van der Waals surface area contributed by atoms with Crippen molar-refractivity contribution in [1.29, 1.82) is 0 Å². The Labute approximate surface area is 123 Å². The first-order valence-corrected chi connectivity index (χ1v) is 6.73. The molecule has 5 nitrogen and oxygen atoms in total. The quantitative estimate of drug-likeness (QED) is 0.740. The van der Waals surface area contributed by atoms with Crippen LogP contribution in [-0.2, 0) is 6.54 Å². The molecule has 0 aromatic heterocycles. The smallest absolute Gasteiger partial charge is 0.319 e. The van der Waals surface area contributed by atoms with E-state index >= 15 is 0 Å². The summed E-state index contributed by atoms with van der Waals surface area (Å²) in [7, 11) is 0. The van der Waals surface area contributed by atoms with Crippen molar-refractivity contribution in [3.8, 4) is 11.5 Å². The van der Waals surface area contributed by atoms with Gasteiger partial charge >= 0.3 is 6.03 Å². The zero-order chi connectivity index (χ0) is 15.1. The minimum absolute atomic E-state index is 0.162. The summed E-state index contributed by atoms with van der Waals surface area (Å²) in [5.74, 6) is 0.977. The van der Waals surface area contributed by atoms with Crippen LogP contribution in [-0.4, -0.2) is 17.7 Å². The molecule has 0 saturated carbocycles. The molecule has 3 N–H and O–H groups in total. The van der Waals surface area contributed by atoms with Crippen LogP contribution in [0.25, 0.3) is 0 Å². The van der Waals surface area contributed by atoms with Gasteiger partial charge in [-0.1, -0.05) is 12.1 Å². The van der Waals surface area contributed by atoms with E-state index in [1.54, 1.807) is 12.1 Å². The Balaban J connectivity index is 1.81. The lowest BCUT2D eigenvalue weighted by atomic mass is 10.2. The molecule has 0 atom stereocenters. The van der Waals surface area contributed by atoms with Crippen molar-refractivity contribution in [3.63, 3.8) is 0 Å². The van der Waals surface area contributed by atoms with E-state index in [1.807, 2.05) is 31.2 Å². The molecule has 0 saturated heterocycles. The largest absolute Gasteiger partial charge is 0.508 e. The van der Waals surface area contributed by atoms with Crippen LogP contribution in [0.1, 0.15) is 12.5 Å². The molecule has 0 aliphatic carbocycles. The van der Waals surface area contributed by atoms with E-state index < -0.39 is 0 Å². The summed E-state index contributed by atoms with van der Waals surface area (Å²) in [5.41, 5.74) is 1.61. The summed E-state index contributed by atoms with van der Waals surface area (Å²) in [6.07, 6.45) is 0. The predicted molar refractivity (Wildman–Crippen MR) is 81.6 cm³/mol. The lowest BCUT2D eigenvalue weighted by molar-refractivity contribution is 0.251. The Bertz CT molecular complexity index is 579. The molecule has 5 heteroatoms. The first-order valence-electron chi connectivity index (χ1n) is 6.73. The topological polar surface area (TPSA) is 70.6 Å². The number of hydrogen-bond acceptors (Lipinski definition) is 3. The number of amides is 2. The second-order valence-corrected chi connectivity index (χ2v) is 4.43. The van der Waals surface area contributed by atoms with Gasteiger partial charge in [-0.15, -0.1) is 0 Å². The van der Waals surface area contributed by atoms with Gasteiger partial charge in [-0.05, 0) is 48.9 Å². The molecule has 2 aromatic carbocycles. The van der Waals surface area contributed by atoms with Crippen molar-refractivity contribution in [2.24, 2.45) is 0 Å². The lowest BCUT2D eigenvalue weighted by Gasteiger charge is -2.08. The van der Waals surface area contributed by atoms with E-state index in [9.17, 15) is 4.79 Å². The van der Waals surface area contributed by atoms with E-state index in [0.717, 1.165) is 11.3 Å². The highest BCUT2D eigenvalue weighted by Crippen LogP contribution is 2.14. The fraction of sp³-hybridized carbons (Fsp3) is 0.188. The summed E-state index contributed by atoms with van der Waals surface area (Å²) in [4.78, 5) is 11.7. The molecule has 0 radical (unpaired) electrons. The predicted octanol–water partition coefficient (Wildman–Crippen LogP) is 3.11. The third-order valence-corrected chi connectivity index (χ3v) is 2.81. The maximum Gasteiger partial charge on any atom is 0.319 e. The molecule has 0 heterocycles. The fourth-order valence-electron chi connectivity index (χ4n) is 1.77. The molecular weight excluding hydrogens is 268 g/mol. The van der Waals surface area contributed by atoms with Crippen molar-refractivity contribution in [1.82, 2.24) is 5.32 Å². The number of hydrogen-bond donors (Lipinski definition) is 3. The zero-order valence-electron chi connectivity index (χ0n) is 11.8. The molecule has 0 spiro atoms. The standard InChI is InChI=1S/C16H18N2O3/c1-2-21-15-9-3-12(4-10-15)11-17-16(20)18-13-5-7-14(19)8-6-13/h3-10,19H,2,11H2,1H3,(H2,17,18,20). The van der Waals surface area contributed by atoms with E-state index in [-0.39, 0.29) is 11.8 Å². The first kappa shape index (κ1) is 14.7. The number of carbonyl (C=O) groups is 1.